The average Bonchev–Trinajstić information content (AvgIpc) is 2.17. The normalized spacial score (nSPS) is 24.4. The van der Waals surface area contributed by atoms with Gasteiger partial charge < -0.3 is 5.11 Å². The van der Waals surface area contributed by atoms with Gasteiger partial charge in [-0.1, -0.05) is 30.3 Å². The van der Waals surface area contributed by atoms with Gasteiger partial charge in [0.05, 0.1) is 0 Å². The zero-order valence-electron chi connectivity index (χ0n) is 8.03. The average molecular weight is 188 g/mol. The number of Topliss-reactive ketones (excluding diaryl/α,β-unsaturated/α-hetero) is 1. The van der Waals surface area contributed by atoms with Crippen molar-refractivity contribution in [2.75, 3.05) is 0 Å². The highest BCUT2D eigenvalue weighted by Gasteiger charge is 2.32. The minimum atomic E-state index is -1.30. The van der Waals surface area contributed by atoms with E-state index in [-0.39, 0.29) is 5.78 Å². The minimum absolute atomic E-state index is 0.205. The van der Waals surface area contributed by atoms with E-state index in [1.54, 1.807) is 12.2 Å². The second-order valence-corrected chi connectivity index (χ2v) is 3.69. The standard InChI is InChI=1S/C12H12O2/c1-9(13)12(14)7-6-10-4-2-3-5-11(10)8-12/h2-7,14H,8H2,1H3. The SMILES string of the molecule is CC(=O)C1(O)C=Cc2ccccc2C1. The highest BCUT2D eigenvalue weighted by Crippen LogP contribution is 2.26. The van der Waals surface area contributed by atoms with Gasteiger partial charge in [0, 0.05) is 6.42 Å². The Morgan fingerprint density at radius 2 is 2.14 bits per heavy atom. The van der Waals surface area contributed by atoms with E-state index in [0.29, 0.717) is 6.42 Å². The monoisotopic (exact) mass is 188 g/mol. The number of aliphatic hydroxyl groups is 1. The molecule has 1 aliphatic carbocycles. The lowest BCUT2D eigenvalue weighted by molar-refractivity contribution is -0.130. The molecule has 0 fully saturated rings. The summed E-state index contributed by atoms with van der Waals surface area (Å²) in [6, 6.07) is 7.78. The van der Waals surface area contributed by atoms with Crippen LogP contribution in [-0.4, -0.2) is 16.5 Å². The van der Waals surface area contributed by atoms with Crippen molar-refractivity contribution in [1.82, 2.24) is 0 Å². The van der Waals surface area contributed by atoms with E-state index in [4.69, 9.17) is 0 Å². The maximum absolute atomic E-state index is 11.2. The molecular weight excluding hydrogens is 176 g/mol. The molecule has 1 aromatic rings. The maximum Gasteiger partial charge on any atom is 0.165 e. The number of rotatable bonds is 1. The number of hydrogen-bond donors (Lipinski definition) is 1. The second-order valence-electron chi connectivity index (χ2n) is 3.69. The Hall–Kier alpha value is -1.41. The van der Waals surface area contributed by atoms with Crippen LogP contribution < -0.4 is 0 Å². The van der Waals surface area contributed by atoms with Crippen LogP contribution >= 0.6 is 0 Å². The van der Waals surface area contributed by atoms with Crippen molar-refractivity contribution in [3.8, 4) is 0 Å². The molecule has 0 saturated carbocycles. The van der Waals surface area contributed by atoms with Gasteiger partial charge in [-0.2, -0.15) is 0 Å². The van der Waals surface area contributed by atoms with Crippen molar-refractivity contribution < 1.29 is 9.90 Å². The number of ketones is 1. The molecule has 0 saturated heterocycles. The van der Waals surface area contributed by atoms with Crippen LogP contribution in [0.5, 0.6) is 0 Å². The molecule has 0 heterocycles. The molecule has 0 amide bonds. The van der Waals surface area contributed by atoms with E-state index in [2.05, 4.69) is 0 Å². The molecule has 0 bridgehead atoms. The van der Waals surface area contributed by atoms with Crippen molar-refractivity contribution in [2.24, 2.45) is 0 Å². The molecule has 2 nitrogen and oxygen atoms in total. The largest absolute Gasteiger partial charge is 0.378 e. The first-order valence-corrected chi connectivity index (χ1v) is 4.62. The lowest BCUT2D eigenvalue weighted by Gasteiger charge is -2.26. The zero-order valence-corrected chi connectivity index (χ0v) is 8.03. The van der Waals surface area contributed by atoms with Crippen molar-refractivity contribution in [3.05, 3.63) is 41.5 Å². The van der Waals surface area contributed by atoms with Crippen molar-refractivity contribution in [1.29, 1.82) is 0 Å². The van der Waals surface area contributed by atoms with E-state index in [1.807, 2.05) is 24.3 Å². The fraction of sp³-hybridized carbons (Fsp3) is 0.250. The van der Waals surface area contributed by atoms with Gasteiger partial charge in [0.2, 0.25) is 0 Å². The van der Waals surface area contributed by atoms with Gasteiger partial charge in [-0.25, -0.2) is 0 Å². The van der Waals surface area contributed by atoms with Gasteiger partial charge in [0.1, 0.15) is 5.60 Å². The fourth-order valence-corrected chi connectivity index (χ4v) is 1.68. The molecule has 1 atom stereocenters. The predicted octanol–water partition coefficient (Wildman–Crippen LogP) is 1.58. The van der Waals surface area contributed by atoms with E-state index in [9.17, 15) is 9.90 Å². The molecule has 2 rings (SSSR count). The molecule has 1 aliphatic rings. The zero-order chi connectivity index (χ0) is 10.2. The van der Waals surface area contributed by atoms with E-state index < -0.39 is 5.60 Å². The topological polar surface area (TPSA) is 37.3 Å². The summed E-state index contributed by atoms with van der Waals surface area (Å²) >= 11 is 0. The van der Waals surface area contributed by atoms with Gasteiger partial charge in [-0.15, -0.1) is 0 Å². The third-order valence-electron chi connectivity index (χ3n) is 2.66. The second kappa shape index (κ2) is 3.07. The summed E-state index contributed by atoms with van der Waals surface area (Å²) in [6.45, 7) is 1.41. The van der Waals surface area contributed by atoms with E-state index in [0.717, 1.165) is 11.1 Å². The van der Waals surface area contributed by atoms with E-state index >= 15 is 0 Å². The van der Waals surface area contributed by atoms with Crippen LogP contribution in [0.15, 0.2) is 30.3 Å². The van der Waals surface area contributed by atoms with Crippen molar-refractivity contribution >= 4 is 11.9 Å². The molecule has 0 aliphatic heterocycles. The Balaban J connectivity index is 2.43. The lowest BCUT2D eigenvalue weighted by atomic mass is 9.84. The summed E-state index contributed by atoms with van der Waals surface area (Å²) < 4.78 is 0. The summed E-state index contributed by atoms with van der Waals surface area (Å²) in [6.07, 6.45) is 3.77. The molecular formula is C12H12O2. The van der Waals surface area contributed by atoms with Crippen LogP contribution in [0.25, 0.3) is 6.08 Å². The van der Waals surface area contributed by atoms with Gasteiger partial charge in [-0.05, 0) is 24.1 Å². The first-order valence-electron chi connectivity index (χ1n) is 4.62. The first-order chi connectivity index (χ1) is 6.62. The van der Waals surface area contributed by atoms with Crippen LogP contribution in [0.1, 0.15) is 18.1 Å². The first kappa shape index (κ1) is 9.16. The predicted molar refractivity (Wildman–Crippen MR) is 54.8 cm³/mol. The minimum Gasteiger partial charge on any atom is -0.378 e. The lowest BCUT2D eigenvalue weighted by Crippen LogP contribution is -2.38. The Kier molecular flexibility index (Phi) is 2.01. The molecule has 0 radical (unpaired) electrons. The fourth-order valence-electron chi connectivity index (χ4n) is 1.68. The van der Waals surface area contributed by atoms with Crippen molar-refractivity contribution in [2.45, 2.75) is 18.9 Å². The Bertz CT molecular complexity index is 407. The molecule has 1 aromatic carbocycles. The third-order valence-corrected chi connectivity index (χ3v) is 2.66. The summed E-state index contributed by atoms with van der Waals surface area (Å²) in [4.78, 5) is 11.2. The summed E-state index contributed by atoms with van der Waals surface area (Å²) in [5.74, 6) is -0.205. The Morgan fingerprint density at radius 3 is 2.86 bits per heavy atom. The quantitative estimate of drug-likeness (QED) is 0.726. The molecule has 1 unspecified atom stereocenters. The van der Waals surface area contributed by atoms with Crippen LogP contribution in [0.3, 0.4) is 0 Å². The smallest absolute Gasteiger partial charge is 0.165 e. The van der Waals surface area contributed by atoms with Gasteiger partial charge in [0.25, 0.3) is 0 Å². The van der Waals surface area contributed by atoms with Crippen molar-refractivity contribution in [3.63, 3.8) is 0 Å². The summed E-state index contributed by atoms with van der Waals surface area (Å²) in [5, 5.41) is 9.96. The van der Waals surface area contributed by atoms with Gasteiger partial charge in [-0.3, -0.25) is 4.79 Å². The van der Waals surface area contributed by atoms with Gasteiger partial charge in [0.15, 0.2) is 5.78 Å². The number of carbonyl (C=O) groups is 1. The molecule has 1 N–H and O–H groups in total. The number of benzene rings is 1. The molecule has 72 valence electrons. The van der Waals surface area contributed by atoms with Crippen LogP contribution in [0.2, 0.25) is 0 Å². The summed E-state index contributed by atoms with van der Waals surface area (Å²) in [7, 11) is 0. The Morgan fingerprint density at radius 1 is 1.43 bits per heavy atom. The number of carbonyl (C=O) groups excluding carboxylic acids is 1. The number of hydrogen-bond acceptors (Lipinski definition) is 2. The molecule has 14 heavy (non-hydrogen) atoms. The van der Waals surface area contributed by atoms with Gasteiger partial charge >= 0.3 is 0 Å². The van der Waals surface area contributed by atoms with E-state index in [1.165, 1.54) is 6.92 Å². The molecule has 0 aromatic heterocycles. The molecule has 2 heteroatoms. The third kappa shape index (κ3) is 1.38. The Labute approximate surface area is 82.9 Å². The number of fused-ring (bicyclic) bond motifs is 1. The highest BCUT2D eigenvalue weighted by atomic mass is 16.3. The molecule has 0 spiro atoms. The van der Waals surface area contributed by atoms with Crippen LogP contribution in [0, 0.1) is 0 Å². The maximum atomic E-state index is 11.2. The van der Waals surface area contributed by atoms with Crippen LogP contribution in [-0.2, 0) is 11.2 Å². The summed E-state index contributed by atoms with van der Waals surface area (Å²) in [5.41, 5.74) is 0.806. The van der Waals surface area contributed by atoms with Crippen LogP contribution in [0.4, 0.5) is 0 Å². The highest BCUT2D eigenvalue weighted by molar-refractivity contribution is 5.89.